The minimum atomic E-state index is 0.344. The maximum absolute atomic E-state index is 11.6. The summed E-state index contributed by atoms with van der Waals surface area (Å²) in [5, 5.41) is 12.9. The summed E-state index contributed by atoms with van der Waals surface area (Å²) in [6.07, 6.45) is 1.39. The van der Waals surface area contributed by atoms with Gasteiger partial charge in [0, 0.05) is 18.4 Å². The molecule has 4 N–H and O–H groups in total. The van der Waals surface area contributed by atoms with Crippen LogP contribution in [0.25, 0.3) is 10.8 Å². The van der Waals surface area contributed by atoms with Crippen LogP contribution in [0.4, 0.5) is 11.4 Å². The number of hydrogen-bond donors (Lipinski definition) is 2. The number of aryl methyl sites for hydroxylation is 1. The largest absolute Gasteiger partial charge is 0.618 e. The van der Waals surface area contributed by atoms with Crippen LogP contribution in [0.15, 0.2) is 12.3 Å². The van der Waals surface area contributed by atoms with Crippen molar-refractivity contribution in [3.05, 3.63) is 23.2 Å². The van der Waals surface area contributed by atoms with E-state index >= 15 is 0 Å². The molecule has 0 bridgehead atoms. The van der Waals surface area contributed by atoms with Gasteiger partial charge in [-0.15, -0.1) is 0 Å². The average Bonchev–Trinajstić information content (AvgIpc) is 2.36. The smallest absolute Gasteiger partial charge is 0.199 e. The molecule has 2 rings (SSSR count). The van der Waals surface area contributed by atoms with E-state index in [1.807, 2.05) is 0 Å². The van der Waals surface area contributed by atoms with Crippen molar-refractivity contribution in [1.82, 2.24) is 0 Å². The molecule has 6 heteroatoms. The van der Waals surface area contributed by atoms with Crippen LogP contribution in [0.3, 0.4) is 0 Å². The lowest BCUT2D eigenvalue weighted by molar-refractivity contribution is -0.610. The molecule has 1 aromatic carbocycles. The van der Waals surface area contributed by atoms with Crippen molar-refractivity contribution in [2.75, 3.05) is 25.7 Å². The zero-order chi connectivity index (χ0) is 13.4. The first-order valence-corrected chi connectivity index (χ1v) is 5.34. The van der Waals surface area contributed by atoms with Gasteiger partial charge in [-0.1, -0.05) is 0 Å². The number of fused-ring (bicyclic) bond motifs is 1. The molecule has 96 valence electrons. The van der Waals surface area contributed by atoms with Crippen molar-refractivity contribution < 1.29 is 14.2 Å². The van der Waals surface area contributed by atoms with E-state index in [1.165, 1.54) is 20.4 Å². The molecular formula is C12H15N3O3. The van der Waals surface area contributed by atoms with Crippen LogP contribution in [0, 0.1) is 12.1 Å². The Morgan fingerprint density at radius 1 is 1.11 bits per heavy atom. The number of nitrogens with zero attached hydrogens (tertiary/aromatic N) is 1. The first-order valence-electron chi connectivity index (χ1n) is 5.34. The molecule has 0 atom stereocenters. The minimum absolute atomic E-state index is 0.344. The maximum Gasteiger partial charge on any atom is 0.199 e. The molecule has 0 saturated heterocycles. The number of methoxy groups -OCH3 is 2. The lowest BCUT2D eigenvalue weighted by atomic mass is 10.0. The SMILES string of the molecule is COc1c(OC)c(N)c2c(C)[n+]([O-])ccc2c1N. The molecule has 1 heterocycles. The summed E-state index contributed by atoms with van der Waals surface area (Å²) >= 11 is 0. The number of nitrogens with two attached hydrogens (primary N) is 2. The summed E-state index contributed by atoms with van der Waals surface area (Å²) in [7, 11) is 2.96. The average molecular weight is 249 g/mol. The Labute approximate surface area is 104 Å². The Morgan fingerprint density at radius 3 is 2.22 bits per heavy atom. The fourth-order valence-corrected chi connectivity index (χ4v) is 2.09. The van der Waals surface area contributed by atoms with Gasteiger partial charge in [0.25, 0.3) is 0 Å². The fraction of sp³-hybridized carbons (Fsp3) is 0.250. The number of ether oxygens (including phenoxy) is 2. The predicted molar refractivity (Wildman–Crippen MR) is 69.6 cm³/mol. The first-order chi connectivity index (χ1) is 8.52. The van der Waals surface area contributed by atoms with E-state index < -0.39 is 0 Å². The molecule has 0 aliphatic heterocycles. The Bertz CT molecular complexity index is 626. The molecule has 0 unspecified atom stereocenters. The third-order valence-electron chi connectivity index (χ3n) is 3.00. The highest BCUT2D eigenvalue weighted by molar-refractivity contribution is 6.06. The van der Waals surface area contributed by atoms with Gasteiger partial charge in [0.15, 0.2) is 23.4 Å². The van der Waals surface area contributed by atoms with Crippen LogP contribution in [-0.4, -0.2) is 14.2 Å². The molecular weight excluding hydrogens is 234 g/mol. The predicted octanol–water partition coefficient (Wildman–Crippen LogP) is 0.963. The summed E-state index contributed by atoms with van der Waals surface area (Å²) < 4.78 is 11.2. The van der Waals surface area contributed by atoms with Gasteiger partial charge in [-0.25, -0.2) is 0 Å². The number of hydrogen-bond acceptors (Lipinski definition) is 5. The molecule has 1 aromatic heterocycles. The lowest BCUT2D eigenvalue weighted by Gasteiger charge is -2.16. The minimum Gasteiger partial charge on any atom is -0.618 e. The van der Waals surface area contributed by atoms with Gasteiger partial charge in [0.1, 0.15) is 0 Å². The second kappa shape index (κ2) is 4.14. The van der Waals surface area contributed by atoms with Crippen molar-refractivity contribution in [3.63, 3.8) is 0 Å². The Hall–Kier alpha value is -2.37. The Morgan fingerprint density at radius 2 is 1.67 bits per heavy atom. The summed E-state index contributed by atoms with van der Waals surface area (Å²) in [4.78, 5) is 0. The second-order valence-electron chi connectivity index (χ2n) is 3.91. The number of anilines is 2. The third-order valence-corrected chi connectivity index (χ3v) is 3.00. The molecule has 0 fully saturated rings. The van der Waals surface area contributed by atoms with Gasteiger partial charge in [-0.3, -0.25) is 0 Å². The van der Waals surface area contributed by atoms with E-state index in [0.29, 0.717) is 39.3 Å². The highest BCUT2D eigenvalue weighted by Crippen LogP contribution is 2.45. The monoisotopic (exact) mass is 249 g/mol. The van der Waals surface area contributed by atoms with Crippen molar-refractivity contribution in [3.8, 4) is 11.5 Å². The zero-order valence-electron chi connectivity index (χ0n) is 10.5. The van der Waals surface area contributed by atoms with Crippen molar-refractivity contribution in [1.29, 1.82) is 0 Å². The van der Waals surface area contributed by atoms with Gasteiger partial charge in [0.2, 0.25) is 0 Å². The van der Waals surface area contributed by atoms with Gasteiger partial charge in [0.05, 0.1) is 31.0 Å². The summed E-state index contributed by atoms with van der Waals surface area (Å²) in [5.41, 5.74) is 13.3. The normalized spacial score (nSPS) is 10.6. The third kappa shape index (κ3) is 1.46. The maximum atomic E-state index is 11.6. The number of rotatable bonds is 2. The first kappa shape index (κ1) is 12.1. The van der Waals surface area contributed by atoms with Crippen LogP contribution in [0.1, 0.15) is 5.69 Å². The van der Waals surface area contributed by atoms with E-state index in [0.717, 1.165) is 4.73 Å². The summed E-state index contributed by atoms with van der Waals surface area (Å²) in [6, 6.07) is 1.61. The molecule has 18 heavy (non-hydrogen) atoms. The van der Waals surface area contributed by atoms with Crippen molar-refractivity contribution in [2.45, 2.75) is 6.92 Å². The van der Waals surface area contributed by atoms with Crippen LogP contribution < -0.4 is 25.7 Å². The number of nitrogen functional groups attached to an aromatic ring is 2. The van der Waals surface area contributed by atoms with Crippen molar-refractivity contribution in [2.24, 2.45) is 0 Å². The quantitative estimate of drug-likeness (QED) is 0.469. The lowest BCUT2D eigenvalue weighted by Crippen LogP contribution is -2.29. The summed E-state index contributed by atoms with van der Waals surface area (Å²) in [5.74, 6) is 0.724. The number of benzene rings is 1. The molecule has 6 nitrogen and oxygen atoms in total. The van der Waals surface area contributed by atoms with E-state index in [9.17, 15) is 5.21 Å². The highest BCUT2D eigenvalue weighted by Gasteiger charge is 2.21. The Balaban J connectivity index is 3.02. The van der Waals surface area contributed by atoms with Crippen LogP contribution in [0.2, 0.25) is 0 Å². The van der Waals surface area contributed by atoms with Crippen molar-refractivity contribution >= 4 is 22.1 Å². The molecule has 0 radical (unpaired) electrons. The molecule has 0 aliphatic carbocycles. The number of aromatic nitrogens is 1. The molecule has 0 aliphatic rings. The van der Waals surface area contributed by atoms with Crippen LogP contribution >= 0.6 is 0 Å². The molecule has 0 saturated carbocycles. The summed E-state index contributed by atoms with van der Waals surface area (Å²) in [6.45, 7) is 1.68. The molecule has 0 spiro atoms. The zero-order valence-corrected chi connectivity index (χ0v) is 10.5. The van der Waals surface area contributed by atoms with E-state index in [2.05, 4.69) is 0 Å². The Kier molecular flexibility index (Phi) is 2.78. The van der Waals surface area contributed by atoms with E-state index in [4.69, 9.17) is 20.9 Å². The van der Waals surface area contributed by atoms with Crippen LogP contribution in [0.5, 0.6) is 11.5 Å². The van der Waals surface area contributed by atoms with Gasteiger partial charge in [-0.05, 0) is 0 Å². The topological polar surface area (TPSA) is 97.4 Å². The van der Waals surface area contributed by atoms with Gasteiger partial charge >= 0.3 is 0 Å². The van der Waals surface area contributed by atoms with E-state index in [1.54, 1.807) is 13.0 Å². The van der Waals surface area contributed by atoms with Gasteiger partial charge < -0.3 is 26.1 Å². The van der Waals surface area contributed by atoms with Crippen LogP contribution in [-0.2, 0) is 0 Å². The second-order valence-corrected chi connectivity index (χ2v) is 3.91. The fourth-order valence-electron chi connectivity index (χ4n) is 2.09. The van der Waals surface area contributed by atoms with Gasteiger partial charge in [-0.2, -0.15) is 4.73 Å². The number of pyridine rings is 1. The highest BCUT2D eigenvalue weighted by atomic mass is 16.5. The van der Waals surface area contributed by atoms with E-state index in [-0.39, 0.29) is 0 Å². The molecule has 0 amide bonds. The standard InChI is InChI=1S/C12H15N3O3/c1-6-8-7(4-5-15(6)16)9(13)11(17-2)12(18-3)10(8)14/h4-5H,13-14H2,1-3H3. The molecule has 2 aromatic rings.